The molecule has 124 valence electrons. The normalized spacial score (nSPS) is 37.6. The van der Waals surface area contributed by atoms with E-state index in [2.05, 4.69) is 32.2 Å². The summed E-state index contributed by atoms with van der Waals surface area (Å²) in [6, 6.07) is 2.13. The quantitative estimate of drug-likeness (QED) is 0.791. The first-order chi connectivity index (χ1) is 10.6. The Hall–Kier alpha value is -0.460. The van der Waals surface area contributed by atoms with Gasteiger partial charge in [-0.1, -0.05) is 20.3 Å². The number of thiophene rings is 1. The minimum absolute atomic E-state index is 0.0559. The molecule has 3 heterocycles. The van der Waals surface area contributed by atoms with Gasteiger partial charge in [-0.3, -0.25) is 0 Å². The van der Waals surface area contributed by atoms with Crippen molar-refractivity contribution < 1.29 is 18.9 Å². The first kappa shape index (κ1) is 16.4. The van der Waals surface area contributed by atoms with E-state index in [1.807, 2.05) is 6.92 Å². The summed E-state index contributed by atoms with van der Waals surface area (Å²) in [5.41, 5.74) is 1.25. The largest absolute Gasteiger partial charge is 0.368 e. The molecule has 0 amide bonds. The van der Waals surface area contributed by atoms with E-state index >= 15 is 0 Å². The van der Waals surface area contributed by atoms with Gasteiger partial charge in [0.05, 0.1) is 12.7 Å². The summed E-state index contributed by atoms with van der Waals surface area (Å²) in [5, 5.41) is 2.11. The van der Waals surface area contributed by atoms with Gasteiger partial charge in [0.1, 0.15) is 12.2 Å². The third-order valence-corrected chi connectivity index (χ3v) is 5.52. The lowest BCUT2D eigenvalue weighted by molar-refractivity contribution is -0.229. The lowest BCUT2D eigenvalue weighted by atomic mass is 10.1. The second kappa shape index (κ2) is 6.57. The maximum Gasteiger partial charge on any atom is 0.190 e. The lowest BCUT2D eigenvalue weighted by Gasteiger charge is -2.27. The Morgan fingerprint density at radius 2 is 2.14 bits per heavy atom. The highest BCUT2D eigenvalue weighted by atomic mass is 32.1. The van der Waals surface area contributed by atoms with Crippen molar-refractivity contribution in [2.75, 3.05) is 0 Å². The first-order valence-electron chi connectivity index (χ1n) is 8.22. The summed E-state index contributed by atoms with van der Waals surface area (Å²) < 4.78 is 24.4. The molecule has 1 aromatic rings. The fraction of sp³-hybridized carbons (Fsp3) is 0.765. The highest BCUT2D eigenvalue weighted by molar-refractivity contribution is 7.10. The molecule has 2 aliphatic heterocycles. The van der Waals surface area contributed by atoms with E-state index in [4.69, 9.17) is 18.9 Å². The van der Waals surface area contributed by atoms with Crippen LogP contribution in [0.1, 0.15) is 50.5 Å². The zero-order chi connectivity index (χ0) is 15.7. The number of aryl methyl sites for hydroxylation is 1. The molecule has 0 saturated carbocycles. The van der Waals surface area contributed by atoms with E-state index < -0.39 is 5.79 Å². The average molecular weight is 326 g/mol. The summed E-state index contributed by atoms with van der Waals surface area (Å²) in [4.78, 5) is 1.31. The monoisotopic (exact) mass is 326 g/mol. The van der Waals surface area contributed by atoms with Gasteiger partial charge in [-0.15, -0.1) is 11.3 Å². The number of fused-ring (bicyclic) bond motifs is 1. The van der Waals surface area contributed by atoms with Crippen LogP contribution in [0, 0.1) is 6.92 Å². The van der Waals surface area contributed by atoms with Gasteiger partial charge in [0.25, 0.3) is 0 Å². The molecule has 22 heavy (non-hydrogen) atoms. The fourth-order valence-electron chi connectivity index (χ4n) is 3.11. The second-order valence-electron chi connectivity index (χ2n) is 6.30. The minimum atomic E-state index is -0.549. The average Bonchev–Trinajstić information content (AvgIpc) is 3.12. The Morgan fingerprint density at radius 1 is 1.32 bits per heavy atom. The van der Waals surface area contributed by atoms with Crippen molar-refractivity contribution >= 4 is 11.3 Å². The van der Waals surface area contributed by atoms with Crippen LogP contribution in [-0.4, -0.2) is 30.4 Å². The van der Waals surface area contributed by atoms with Crippen molar-refractivity contribution in [1.29, 1.82) is 0 Å². The number of hydrogen-bond donors (Lipinski definition) is 0. The zero-order valence-corrected chi connectivity index (χ0v) is 14.7. The number of hydrogen-bond acceptors (Lipinski definition) is 5. The Balaban J connectivity index is 1.69. The third kappa shape index (κ3) is 3.10. The van der Waals surface area contributed by atoms with Gasteiger partial charge in [-0.05, 0) is 43.7 Å². The molecule has 0 aromatic carbocycles. The van der Waals surface area contributed by atoms with E-state index in [-0.39, 0.29) is 24.6 Å². The van der Waals surface area contributed by atoms with E-state index in [9.17, 15) is 0 Å². The van der Waals surface area contributed by atoms with Gasteiger partial charge in [0.15, 0.2) is 12.1 Å². The number of ether oxygens (including phenoxy) is 4. The van der Waals surface area contributed by atoms with Crippen LogP contribution in [0.25, 0.3) is 0 Å². The van der Waals surface area contributed by atoms with Crippen LogP contribution in [-0.2, 0) is 25.6 Å². The van der Waals surface area contributed by atoms with Crippen LogP contribution in [0.3, 0.4) is 0 Å². The summed E-state index contributed by atoms with van der Waals surface area (Å²) >= 11 is 1.75. The Labute approximate surface area is 136 Å². The van der Waals surface area contributed by atoms with Gasteiger partial charge < -0.3 is 18.9 Å². The maximum absolute atomic E-state index is 6.22. The second-order valence-corrected chi connectivity index (χ2v) is 7.42. The van der Waals surface area contributed by atoms with Crippen LogP contribution in [0.5, 0.6) is 0 Å². The summed E-state index contributed by atoms with van der Waals surface area (Å²) in [5.74, 6) is -0.549. The highest BCUT2D eigenvalue weighted by Crippen LogP contribution is 2.41. The molecule has 2 saturated heterocycles. The van der Waals surface area contributed by atoms with E-state index in [0.717, 1.165) is 19.3 Å². The summed E-state index contributed by atoms with van der Waals surface area (Å²) in [6.07, 6.45) is 2.41. The molecule has 0 aliphatic carbocycles. The van der Waals surface area contributed by atoms with Gasteiger partial charge in [0.2, 0.25) is 0 Å². The Morgan fingerprint density at radius 3 is 2.77 bits per heavy atom. The minimum Gasteiger partial charge on any atom is -0.368 e. The molecule has 1 aromatic heterocycles. The van der Waals surface area contributed by atoms with Crippen molar-refractivity contribution in [1.82, 2.24) is 0 Å². The summed E-state index contributed by atoms with van der Waals surface area (Å²) in [7, 11) is 0. The molecular weight excluding hydrogens is 300 g/mol. The van der Waals surface area contributed by atoms with Crippen molar-refractivity contribution in [2.24, 2.45) is 0 Å². The van der Waals surface area contributed by atoms with Crippen LogP contribution in [0.2, 0.25) is 0 Å². The molecule has 2 aliphatic rings. The summed E-state index contributed by atoms with van der Waals surface area (Å²) in [6.45, 7) is 8.94. The van der Waals surface area contributed by atoms with Gasteiger partial charge in [-0.2, -0.15) is 0 Å². The molecular formula is C17H26O4S. The van der Waals surface area contributed by atoms with Crippen molar-refractivity contribution in [3.8, 4) is 0 Å². The smallest absolute Gasteiger partial charge is 0.190 e. The van der Waals surface area contributed by atoms with Gasteiger partial charge in [-0.25, -0.2) is 0 Å². The SMILES string of the molecule is CCC[C@H]1O[C@@H]2OC(C)(CC)O[C@@H]2[C@H]1OCc1ccsc1C. The van der Waals surface area contributed by atoms with E-state index in [0.29, 0.717) is 6.61 Å². The molecule has 4 nitrogen and oxygen atoms in total. The number of rotatable bonds is 6. The fourth-order valence-corrected chi connectivity index (χ4v) is 3.82. The molecule has 3 rings (SSSR count). The topological polar surface area (TPSA) is 36.9 Å². The first-order valence-corrected chi connectivity index (χ1v) is 9.10. The molecule has 0 radical (unpaired) electrons. The molecule has 0 spiro atoms. The predicted octanol–water partition coefficient (Wildman–Crippen LogP) is 4.01. The molecule has 0 N–H and O–H groups in total. The standard InChI is InChI=1S/C17H26O4S/c1-5-7-13-14(18-10-12-8-9-22-11(12)3)15-16(19-13)21-17(4,6-2)20-15/h8-9,13-16H,5-7,10H2,1-4H3/t13-,14+,15-,16-,17?/m1/s1. The molecule has 5 atom stereocenters. The predicted molar refractivity (Wildman–Crippen MR) is 85.9 cm³/mol. The zero-order valence-electron chi connectivity index (χ0n) is 13.8. The van der Waals surface area contributed by atoms with Crippen LogP contribution in [0.4, 0.5) is 0 Å². The van der Waals surface area contributed by atoms with Crippen LogP contribution in [0.15, 0.2) is 11.4 Å². The van der Waals surface area contributed by atoms with Crippen LogP contribution < -0.4 is 0 Å². The van der Waals surface area contributed by atoms with E-state index in [1.54, 1.807) is 11.3 Å². The van der Waals surface area contributed by atoms with Crippen molar-refractivity contribution in [3.05, 3.63) is 21.9 Å². The van der Waals surface area contributed by atoms with E-state index in [1.165, 1.54) is 10.4 Å². The molecule has 1 unspecified atom stereocenters. The van der Waals surface area contributed by atoms with Crippen molar-refractivity contribution in [3.63, 3.8) is 0 Å². The van der Waals surface area contributed by atoms with Crippen molar-refractivity contribution in [2.45, 2.75) is 84.0 Å². The van der Waals surface area contributed by atoms with Gasteiger partial charge in [0, 0.05) is 4.88 Å². The third-order valence-electron chi connectivity index (χ3n) is 4.63. The Kier molecular flexibility index (Phi) is 4.90. The molecule has 0 bridgehead atoms. The van der Waals surface area contributed by atoms with Gasteiger partial charge >= 0.3 is 0 Å². The highest BCUT2D eigenvalue weighted by Gasteiger charge is 2.55. The lowest BCUT2D eigenvalue weighted by Crippen LogP contribution is -2.37. The maximum atomic E-state index is 6.22. The van der Waals surface area contributed by atoms with Crippen LogP contribution >= 0.6 is 11.3 Å². The molecule has 2 fully saturated rings. The Bertz CT molecular complexity index is 503. The molecule has 5 heteroatoms.